The van der Waals surface area contributed by atoms with Crippen LogP contribution in [0.15, 0.2) is 48.5 Å². The van der Waals surface area contributed by atoms with Gasteiger partial charge in [0.25, 0.3) is 5.91 Å². The first-order valence-corrected chi connectivity index (χ1v) is 8.40. The average Bonchev–Trinajstić information content (AvgIpc) is 2.59. The van der Waals surface area contributed by atoms with E-state index in [1.165, 1.54) is 0 Å². The molecule has 25 heavy (non-hydrogen) atoms. The van der Waals surface area contributed by atoms with E-state index in [-0.39, 0.29) is 11.8 Å². The fourth-order valence-electron chi connectivity index (χ4n) is 2.22. The molecule has 0 atom stereocenters. The van der Waals surface area contributed by atoms with E-state index in [0.29, 0.717) is 30.1 Å². The van der Waals surface area contributed by atoms with Crippen LogP contribution in [0.2, 0.25) is 5.02 Å². The predicted octanol–water partition coefficient (Wildman–Crippen LogP) is 3.16. The molecule has 0 aliphatic heterocycles. The van der Waals surface area contributed by atoms with Crippen molar-refractivity contribution in [3.63, 3.8) is 0 Å². The molecule has 2 rings (SSSR count). The Kier molecular flexibility index (Phi) is 6.98. The van der Waals surface area contributed by atoms with Crippen LogP contribution in [0.3, 0.4) is 0 Å². The van der Waals surface area contributed by atoms with Crippen molar-refractivity contribution in [3.05, 3.63) is 64.7 Å². The molecule has 0 saturated heterocycles. The maximum absolute atomic E-state index is 12.2. The summed E-state index contributed by atoms with van der Waals surface area (Å²) in [6.07, 6.45) is 0.458. The van der Waals surface area contributed by atoms with Crippen LogP contribution in [-0.2, 0) is 11.3 Å². The summed E-state index contributed by atoms with van der Waals surface area (Å²) in [6.45, 7) is 1.24. The number of hydrogen-bond donors (Lipinski definition) is 2. The number of anilines is 1. The molecule has 0 bridgehead atoms. The van der Waals surface area contributed by atoms with Gasteiger partial charge >= 0.3 is 0 Å². The van der Waals surface area contributed by atoms with Gasteiger partial charge in [0.1, 0.15) is 0 Å². The lowest BCUT2D eigenvalue weighted by Gasteiger charge is -2.11. The Labute approximate surface area is 153 Å². The highest BCUT2D eigenvalue weighted by atomic mass is 35.5. The van der Waals surface area contributed by atoms with Crippen LogP contribution >= 0.6 is 11.6 Å². The fraction of sp³-hybridized carbons (Fsp3) is 0.263. The van der Waals surface area contributed by atoms with Crippen LogP contribution in [0.4, 0.5) is 5.69 Å². The molecule has 2 aromatic rings. The maximum Gasteiger partial charge on any atom is 0.255 e. The molecule has 5 nitrogen and oxygen atoms in total. The molecular weight excluding hydrogens is 338 g/mol. The third-order valence-corrected chi connectivity index (χ3v) is 3.89. The van der Waals surface area contributed by atoms with E-state index in [4.69, 9.17) is 11.6 Å². The monoisotopic (exact) mass is 359 g/mol. The summed E-state index contributed by atoms with van der Waals surface area (Å²) < 4.78 is 0. The topological polar surface area (TPSA) is 61.4 Å². The van der Waals surface area contributed by atoms with Crippen molar-refractivity contribution in [2.24, 2.45) is 0 Å². The largest absolute Gasteiger partial charge is 0.349 e. The number of carbonyl (C=O) groups excluding carboxylic acids is 2. The van der Waals surface area contributed by atoms with Crippen molar-refractivity contribution in [1.29, 1.82) is 0 Å². The molecule has 0 spiro atoms. The average molecular weight is 360 g/mol. The molecule has 0 saturated carbocycles. The molecule has 0 aliphatic carbocycles. The number of amides is 2. The number of benzene rings is 2. The van der Waals surface area contributed by atoms with Crippen LogP contribution < -0.4 is 10.6 Å². The molecule has 2 aromatic carbocycles. The van der Waals surface area contributed by atoms with E-state index in [1.54, 1.807) is 43.3 Å². The fourth-order valence-corrected chi connectivity index (χ4v) is 2.34. The third-order valence-electron chi connectivity index (χ3n) is 3.63. The summed E-state index contributed by atoms with van der Waals surface area (Å²) in [5, 5.41) is 6.70. The van der Waals surface area contributed by atoms with Crippen LogP contribution in [0.5, 0.6) is 0 Å². The Bertz CT molecular complexity index is 730. The van der Waals surface area contributed by atoms with Crippen LogP contribution in [0.1, 0.15) is 22.3 Å². The van der Waals surface area contributed by atoms with Gasteiger partial charge < -0.3 is 15.5 Å². The maximum atomic E-state index is 12.2. The Morgan fingerprint density at radius 1 is 1.08 bits per heavy atom. The van der Waals surface area contributed by atoms with Gasteiger partial charge in [-0.15, -0.1) is 0 Å². The second kappa shape index (κ2) is 9.20. The molecule has 0 radical (unpaired) electrons. The van der Waals surface area contributed by atoms with Crippen LogP contribution in [0.25, 0.3) is 0 Å². The van der Waals surface area contributed by atoms with E-state index in [0.717, 1.165) is 11.3 Å². The second-order valence-corrected chi connectivity index (χ2v) is 6.31. The minimum absolute atomic E-state index is 0.0940. The van der Waals surface area contributed by atoms with E-state index < -0.39 is 0 Å². The molecule has 0 unspecified atom stereocenters. The van der Waals surface area contributed by atoms with Crippen LogP contribution in [0, 0.1) is 0 Å². The zero-order valence-electron chi connectivity index (χ0n) is 14.4. The normalized spacial score (nSPS) is 10.4. The highest BCUT2D eigenvalue weighted by Gasteiger charge is 2.07. The first kappa shape index (κ1) is 19.0. The number of nitrogens with one attached hydrogen (secondary N) is 2. The smallest absolute Gasteiger partial charge is 0.255 e. The first-order chi connectivity index (χ1) is 12.0. The van der Waals surface area contributed by atoms with Gasteiger partial charge in [-0.1, -0.05) is 23.7 Å². The summed E-state index contributed by atoms with van der Waals surface area (Å²) in [5.41, 5.74) is 2.31. The van der Waals surface area contributed by atoms with Crippen molar-refractivity contribution in [2.75, 3.05) is 26.0 Å². The van der Waals surface area contributed by atoms with Crippen molar-refractivity contribution >= 4 is 29.1 Å². The molecule has 0 aliphatic rings. The number of halogens is 1. The van der Waals surface area contributed by atoms with Gasteiger partial charge in [0.15, 0.2) is 0 Å². The number of nitrogens with zero attached hydrogens (tertiary/aromatic N) is 1. The van der Waals surface area contributed by atoms with Crippen molar-refractivity contribution < 1.29 is 9.59 Å². The van der Waals surface area contributed by atoms with Gasteiger partial charge in [0.2, 0.25) is 5.91 Å². The highest BCUT2D eigenvalue weighted by molar-refractivity contribution is 6.30. The van der Waals surface area contributed by atoms with Gasteiger partial charge in [-0.05, 0) is 42.0 Å². The standard InChI is InChI=1S/C19H22ClN3O2/c1-23(2)18(24)10-11-21-13-14-4-3-5-17(12-14)22-19(25)15-6-8-16(20)9-7-15/h3-9,12,21H,10-11,13H2,1-2H3,(H,22,25). The minimum atomic E-state index is -0.182. The Morgan fingerprint density at radius 3 is 2.48 bits per heavy atom. The molecule has 0 aromatic heterocycles. The quantitative estimate of drug-likeness (QED) is 0.746. The SMILES string of the molecule is CN(C)C(=O)CCNCc1cccc(NC(=O)c2ccc(Cl)cc2)c1. The molecule has 0 heterocycles. The van der Waals surface area contributed by atoms with Gasteiger partial charge in [0, 0.05) is 49.9 Å². The van der Waals surface area contributed by atoms with E-state index in [2.05, 4.69) is 10.6 Å². The van der Waals surface area contributed by atoms with Gasteiger partial charge in [-0.2, -0.15) is 0 Å². The molecule has 2 amide bonds. The number of rotatable bonds is 7. The van der Waals surface area contributed by atoms with E-state index in [1.807, 2.05) is 24.3 Å². The lowest BCUT2D eigenvalue weighted by Crippen LogP contribution is -2.26. The summed E-state index contributed by atoms with van der Waals surface area (Å²) in [4.78, 5) is 25.3. The Morgan fingerprint density at radius 2 is 1.80 bits per heavy atom. The molecule has 0 fully saturated rings. The van der Waals surface area contributed by atoms with Crippen molar-refractivity contribution in [2.45, 2.75) is 13.0 Å². The molecular formula is C19H22ClN3O2. The lowest BCUT2D eigenvalue weighted by molar-refractivity contribution is -0.128. The second-order valence-electron chi connectivity index (χ2n) is 5.88. The number of carbonyl (C=O) groups is 2. The molecule has 2 N–H and O–H groups in total. The summed E-state index contributed by atoms with van der Waals surface area (Å²) in [6, 6.07) is 14.4. The minimum Gasteiger partial charge on any atom is -0.349 e. The molecule has 6 heteroatoms. The summed E-state index contributed by atoms with van der Waals surface area (Å²) in [5.74, 6) is -0.0881. The first-order valence-electron chi connectivity index (χ1n) is 8.02. The summed E-state index contributed by atoms with van der Waals surface area (Å²) >= 11 is 5.83. The van der Waals surface area contributed by atoms with Gasteiger partial charge in [0.05, 0.1) is 0 Å². The van der Waals surface area contributed by atoms with E-state index in [9.17, 15) is 9.59 Å². The van der Waals surface area contributed by atoms with Crippen molar-refractivity contribution in [3.8, 4) is 0 Å². The number of hydrogen-bond acceptors (Lipinski definition) is 3. The van der Waals surface area contributed by atoms with Crippen LogP contribution in [-0.4, -0.2) is 37.4 Å². The zero-order valence-corrected chi connectivity index (χ0v) is 15.1. The lowest BCUT2D eigenvalue weighted by atomic mass is 10.1. The Hall–Kier alpha value is -2.37. The van der Waals surface area contributed by atoms with Gasteiger partial charge in [-0.3, -0.25) is 9.59 Å². The van der Waals surface area contributed by atoms with E-state index >= 15 is 0 Å². The third kappa shape index (κ3) is 6.21. The van der Waals surface area contributed by atoms with Crippen molar-refractivity contribution in [1.82, 2.24) is 10.2 Å². The predicted molar refractivity (Wildman–Crippen MR) is 101 cm³/mol. The van der Waals surface area contributed by atoms with Gasteiger partial charge in [-0.25, -0.2) is 0 Å². The molecule has 132 valence electrons. The highest BCUT2D eigenvalue weighted by Crippen LogP contribution is 2.14. The summed E-state index contributed by atoms with van der Waals surface area (Å²) in [7, 11) is 3.49. The zero-order chi connectivity index (χ0) is 18.2. The Balaban J connectivity index is 1.87.